The molecule has 0 bridgehead atoms. The number of carbonyl (C=O) groups excluding carboxylic acids is 1. The number of hydrogen-bond donors (Lipinski definition) is 3. The third kappa shape index (κ3) is 7.66. The van der Waals surface area contributed by atoms with Gasteiger partial charge in [-0.1, -0.05) is 65.8 Å². The molecular weight excluding hydrogens is 458 g/mol. The molecule has 0 fully saturated rings. The summed E-state index contributed by atoms with van der Waals surface area (Å²) in [7, 11) is -3.50. The van der Waals surface area contributed by atoms with Gasteiger partial charge in [-0.05, 0) is 17.7 Å². The fourth-order valence-electron chi connectivity index (χ4n) is 2.81. The van der Waals surface area contributed by atoms with Crippen LogP contribution >= 0.6 is 23.4 Å². The third-order valence-electron chi connectivity index (χ3n) is 4.19. The van der Waals surface area contributed by atoms with Crippen molar-refractivity contribution in [3.8, 4) is 11.4 Å². The molecule has 0 aliphatic heterocycles. The first-order chi connectivity index (χ1) is 14.8. The summed E-state index contributed by atoms with van der Waals surface area (Å²) in [5.74, 6) is 0.990. The second-order valence-electron chi connectivity index (χ2n) is 6.73. The van der Waals surface area contributed by atoms with Crippen LogP contribution in [0.4, 0.5) is 0 Å². The van der Waals surface area contributed by atoms with Crippen LogP contribution in [0.2, 0.25) is 5.02 Å². The fraction of sp³-hybridized carbons (Fsp3) is 0.250. The molecule has 1 aromatic heterocycles. The number of rotatable bonds is 10. The van der Waals surface area contributed by atoms with Crippen molar-refractivity contribution in [3.63, 3.8) is 0 Å². The van der Waals surface area contributed by atoms with E-state index >= 15 is 0 Å². The zero-order valence-corrected chi connectivity index (χ0v) is 19.1. The minimum atomic E-state index is -3.50. The third-order valence-corrected chi connectivity index (χ3v) is 6.00. The highest BCUT2D eigenvalue weighted by molar-refractivity contribution is 7.99. The highest BCUT2D eigenvalue weighted by Gasteiger charge is 2.19. The molecule has 31 heavy (non-hydrogen) atoms. The number of carbonyl (C=O) groups is 1. The molecule has 3 N–H and O–H groups in total. The van der Waals surface area contributed by atoms with E-state index in [0.29, 0.717) is 33.9 Å². The van der Waals surface area contributed by atoms with E-state index < -0.39 is 16.1 Å². The van der Waals surface area contributed by atoms with Crippen LogP contribution in [0.5, 0.6) is 0 Å². The number of aromatic amines is 1. The number of amides is 1. The Morgan fingerprint density at radius 2 is 1.87 bits per heavy atom. The van der Waals surface area contributed by atoms with Gasteiger partial charge in [0.1, 0.15) is 0 Å². The maximum atomic E-state index is 12.4. The summed E-state index contributed by atoms with van der Waals surface area (Å²) in [5, 5.41) is 11.0. The lowest BCUT2D eigenvalue weighted by atomic mass is 10.0. The zero-order chi connectivity index (χ0) is 22.3. The summed E-state index contributed by atoms with van der Waals surface area (Å²) in [6.07, 6.45) is 1.03. The highest BCUT2D eigenvalue weighted by Crippen LogP contribution is 2.21. The number of thioether (sulfide) groups is 1. The van der Waals surface area contributed by atoms with Gasteiger partial charge < -0.3 is 5.32 Å². The van der Waals surface area contributed by atoms with Crippen molar-refractivity contribution in [1.82, 2.24) is 25.2 Å². The predicted octanol–water partition coefficient (Wildman–Crippen LogP) is 3.01. The van der Waals surface area contributed by atoms with Crippen molar-refractivity contribution in [2.75, 3.05) is 18.6 Å². The molecule has 3 rings (SSSR count). The molecule has 0 saturated carbocycles. The van der Waals surface area contributed by atoms with Crippen LogP contribution in [-0.2, 0) is 14.8 Å². The molecule has 164 valence electrons. The molecule has 0 unspecified atom stereocenters. The Morgan fingerprint density at radius 3 is 2.55 bits per heavy atom. The Morgan fingerprint density at radius 1 is 1.16 bits per heavy atom. The zero-order valence-electron chi connectivity index (χ0n) is 16.7. The van der Waals surface area contributed by atoms with Crippen LogP contribution < -0.4 is 10.0 Å². The minimum Gasteiger partial charge on any atom is -0.355 e. The summed E-state index contributed by atoms with van der Waals surface area (Å²) in [6, 6.07) is 15.7. The van der Waals surface area contributed by atoms with Gasteiger partial charge in [0.2, 0.25) is 21.1 Å². The van der Waals surface area contributed by atoms with Crippen LogP contribution in [0, 0.1) is 0 Å². The highest BCUT2D eigenvalue weighted by atomic mass is 35.5. The largest absolute Gasteiger partial charge is 0.355 e. The van der Waals surface area contributed by atoms with Crippen molar-refractivity contribution in [2.24, 2.45) is 0 Å². The van der Waals surface area contributed by atoms with E-state index in [-0.39, 0.29) is 12.3 Å². The number of halogens is 1. The molecule has 1 atom stereocenters. The number of hydrogen-bond acceptors (Lipinski definition) is 6. The Kier molecular flexibility index (Phi) is 8.08. The van der Waals surface area contributed by atoms with E-state index in [9.17, 15) is 13.2 Å². The van der Waals surface area contributed by atoms with Crippen LogP contribution in [0.25, 0.3) is 11.4 Å². The van der Waals surface area contributed by atoms with Gasteiger partial charge >= 0.3 is 0 Å². The Hall–Kier alpha value is -2.40. The maximum Gasteiger partial charge on any atom is 0.221 e. The monoisotopic (exact) mass is 479 g/mol. The molecular formula is C20H22ClN5O3S2. The van der Waals surface area contributed by atoms with Gasteiger partial charge in [0.15, 0.2) is 5.82 Å². The van der Waals surface area contributed by atoms with E-state index in [1.54, 1.807) is 24.3 Å². The van der Waals surface area contributed by atoms with Gasteiger partial charge in [0.25, 0.3) is 0 Å². The average molecular weight is 480 g/mol. The van der Waals surface area contributed by atoms with Crippen molar-refractivity contribution in [1.29, 1.82) is 0 Å². The lowest BCUT2D eigenvalue weighted by Gasteiger charge is -2.18. The van der Waals surface area contributed by atoms with E-state index in [4.69, 9.17) is 11.6 Å². The van der Waals surface area contributed by atoms with Crippen LogP contribution in [0.3, 0.4) is 0 Å². The van der Waals surface area contributed by atoms with Crippen LogP contribution in [-0.4, -0.2) is 48.1 Å². The molecule has 3 aromatic rings. The number of H-pyrrole nitrogens is 1. The standard InChI is InChI=1S/C20H22ClN5O3S2/c1-31(28,29)26-17(14-7-9-16(21)10-8-14)13-18(27)22-11-12-30-20-23-19(24-25-20)15-5-3-2-4-6-15/h2-10,17,26H,11-13H2,1H3,(H,22,27)(H,23,24,25)/t17-/m0/s1. The molecule has 0 spiro atoms. The topological polar surface area (TPSA) is 117 Å². The average Bonchev–Trinajstić information content (AvgIpc) is 3.20. The van der Waals surface area contributed by atoms with Crippen LogP contribution in [0.1, 0.15) is 18.0 Å². The van der Waals surface area contributed by atoms with E-state index in [0.717, 1.165) is 11.8 Å². The van der Waals surface area contributed by atoms with E-state index in [1.165, 1.54) is 11.8 Å². The molecule has 0 aliphatic carbocycles. The van der Waals surface area contributed by atoms with Gasteiger partial charge in [0.05, 0.1) is 12.3 Å². The minimum absolute atomic E-state index is 0.0296. The number of benzene rings is 2. The van der Waals surface area contributed by atoms with Crippen molar-refractivity contribution in [3.05, 3.63) is 65.2 Å². The summed E-state index contributed by atoms with van der Waals surface area (Å²) >= 11 is 7.30. The first-order valence-electron chi connectivity index (χ1n) is 9.40. The first kappa shape index (κ1) is 23.3. The first-order valence-corrected chi connectivity index (χ1v) is 12.7. The lowest BCUT2D eigenvalue weighted by molar-refractivity contribution is -0.121. The van der Waals surface area contributed by atoms with E-state index in [1.807, 2.05) is 30.3 Å². The fourth-order valence-corrected chi connectivity index (χ4v) is 4.32. The Bertz CT molecular complexity index is 1110. The van der Waals surface area contributed by atoms with Crippen molar-refractivity contribution >= 4 is 39.3 Å². The van der Waals surface area contributed by atoms with Gasteiger partial charge in [-0.2, -0.15) is 0 Å². The number of nitrogens with zero attached hydrogens (tertiary/aromatic N) is 2. The van der Waals surface area contributed by atoms with Crippen LogP contribution in [0.15, 0.2) is 59.8 Å². The van der Waals surface area contributed by atoms with Crippen molar-refractivity contribution in [2.45, 2.75) is 17.6 Å². The molecule has 0 radical (unpaired) electrons. The Balaban J connectivity index is 1.49. The van der Waals surface area contributed by atoms with Gasteiger partial charge in [-0.15, -0.1) is 5.10 Å². The molecule has 0 saturated heterocycles. The van der Waals surface area contributed by atoms with Gasteiger partial charge in [-0.3, -0.25) is 9.89 Å². The second-order valence-corrected chi connectivity index (χ2v) is 10.0. The molecule has 1 amide bonds. The van der Waals surface area contributed by atoms with Crippen molar-refractivity contribution < 1.29 is 13.2 Å². The summed E-state index contributed by atoms with van der Waals surface area (Å²) in [4.78, 5) is 16.8. The summed E-state index contributed by atoms with van der Waals surface area (Å²) in [6.45, 7) is 0.394. The quantitative estimate of drug-likeness (QED) is 0.304. The summed E-state index contributed by atoms with van der Waals surface area (Å²) in [5.41, 5.74) is 1.61. The molecule has 2 aromatic carbocycles. The molecule has 8 nitrogen and oxygen atoms in total. The Labute approximate surface area is 190 Å². The number of aromatic nitrogens is 3. The smallest absolute Gasteiger partial charge is 0.221 e. The van der Waals surface area contributed by atoms with E-state index in [2.05, 4.69) is 25.2 Å². The predicted molar refractivity (Wildman–Crippen MR) is 122 cm³/mol. The molecule has 0 aliphatic rings. The molecule has 11 heteroatoms. The molecule has 1 heterocycles. The van der Waals surface area contributed by atoms with Gasteiger partial charge in [-0.25, -0.2) is 18.1 Å². The second kappa shape index (κ2) is 10.8. The number of sulfonamides is 1. The lowest BCUT2D eigenvalue weighted by Crippen LogP contribution is -2.34. The summed E-state index contributed by atoms with van der Waals surface area (Å²) < 4.78 is 25.9. The number of nitrogens with one attached hydrogen (secondary N) is 3. The SMILES string of the molecule is CS(=O)(=O)N[C@@H](CC(=O)NCCSc1n[nH]c(-c2ccccc2)n1)c1ccc(Cl)cc1. The maximum absolute atomic E-state index is 12.4. The van der Waals surface area contributed by atoms with Gasteiger partial charge in [0, 0.05) is 29.3 Å². The normalized spacial score (nSPS) is 12.5.